The lowest BCUT2D eigenvalue weighted by Gasteiger charge is -2.17. The maximum absolute atomic E-state index is 11.2. The topological polar surface area (TPSA) is 60.7 Å². The number of benzene rings is 1. The van der Waals surface area contributed by atoms with Gasteiger partial charge >= 0.3 is 5.69 Å². The second-order valence-corrected chi connectivity index (χ2v) is 4.97. The summed E-state index contributed by atoms with van der Waals surface area (Å²) in [5.74, 6) is 0. The second-order valence-electron chi connectivity index (χ2n) is 4.11. The van der Waals surface area contributed by atoms with Crippen molar-refractivity contribution in [1.29, 1.82) is 0 Å². The van der Waals surface area contributed by atoms with Crippen molar-refractivity contribution in [3.05, 3.63) is 27.1 Å². The fourth-order valence-corrected chi connectivity index (χ4v) is 2.34. The zero-order chi connectivity index (χ0) is 12.4. The Morgan fingerprint density at radius 1 is 1.24 bits per heavy atom. The van der Waals surface area contributed by atoms with Crippen molar-refractivity contribution in [3.63, 3.8) is 0 Å². The second kappa shape index (κ2) is 4.96. The maximum atomic E-state index is 11.2. The van der Waals surface area contributed by atoms with Crippen LogP contribution in [0.3, 0.4) is 0 Å². The summed E-state index contributed by atoms with van der Waals surface area (Å²) in [6.45, 7) is 4.32. The van der Waals surface area contributed by atoms with Gasteiger partial charge in [-0.05, 0) is 40.9 Å². The Bertz CT molecular complexity index is 569. The monoisotopic (exact) mass is 297 g/mol. The molecule has 1 heterocycles. The summed E-state index contributed by atoms with van der Waals surface area (Å²) >= 11 is 3.52. The average molecular weight is 298 g/mol. The lowest BCUT2D eigenvalue weighted by atomic mass is 10.1. The number of hydrogen-bond donors (Lipinski definition) is 3. The van der Waals surface area contributed by atoms with E-state index in [1.54, 1.807) is 0 Å². The molecule has 2 aromatic rings. The van der Waals surface area contributed by atoms with Gasteiger partial charge in [-0.25, -0.2) is 4.79 Å². The molecule has 1 aromatic carbocycles. The van der Waals surface area contributed by atoms with Gasteiger partial charge in [-0.2, -0.15) is 0 Å². The van der Waals surface area contributed by atoms with Crippen molar-refractivity contribution in [2.45, 2.75) is 32.7 Å². The van der Waals surface area contributed by atoms with Crippen molar-refractivity contribution in [2.75, 3.05) is 5.32 Å². The Morgan fingerprint density at radius 3 is 2.41 bits per heavy atom. The summed E-state index contributed by atoms with van der Waals surface area (Å²) in [6, 6.07) is 4.32. The number of aromatic amines is 2. The minimum absolute atomic E-state index is 0.174. The molecule has 0 atom stereocenters. The molecule has 0 amide bonds. The van der Waals surface area contributed by atoms with Crippen LogP contribution >= 0.6 is 15.9 Å². The summed E-state index contributed by atoms with van der Waals surface area (Å²) in [7, 11) is 0. The third-order valence-corrected chi connectivity index (χ3v) is 3.60. The SMILES string of the molecule is CCC(CC)Nc1cc2[nH]c(=O)[nH]c2cc1Br. The molecule has 0 spiro atoms. The number of H-pyrrole nitrogens is 2. The number of halogens is 1. The molecule has 1 aromatic heterocycles. The Balaban J connectivity index is 2.39. The fraction of sp³-hybridized carbons (Fsp3) is 0.417. The third kappa shape index (κ3) is 2.54. The van der Waals surface area contributed by atoms with E-state index in [2.05, 4.69) is 45.1 Å². The Kier molecular flexibility index (Phi) is 3.57. The van der Waals surface area contributed by atoms with Crippen LogP contribution in [-0.4, -0.2) is 16.0 Å². The van der Waals surface area contributed by atoms with E-state index >= 15 is 0 Å². The van der Waals surface area contributed by atoms with E-state index in [4.69, 9.17) is 0 Å². The molecule has 0 aliphatic carbocycles. The van der Waals surface area contributed by atoms with Crippen LogP contribution in [0.4, 0.5) is 5.69 Å². The van der Waals surface area contributed by atoms with E-state index in [1.807, 2.05) is 12.1 Å². The van der Waals surface area contributed by atoms with Crippen LogP contribution in [0.1, 0.15) is 26.7 Å². The highest BCUT2D eigenvalue weighted by molar-refractivity contribution is 9.10. The van der Waals surface area contributed by atoms with Crippen molar-refractivity contribution in [2.24, 2.45) is 0 Å². The number of aromatic nitrogens is 2. The van der Waals surface area contributed by atoms with E-state index < -0.39 is 0 Å². The average Bonchev–Trinajstić information content (AvgIpc) is 2.65. The third-order valence-electron chi connectivity index (χ3n) is 2.95. The maximum Gasteiger partial charge on any atom is 0.323 e. The number of anilines is 1. The van der Waals surface area contributed by atoms with Crippen LogP contribution in [0.2, 0.25) is 0 Å². The van der Waals surface area contributed by atoms with Crippen molar-refractivity contribution < 1.29 is 0 Å². The van der Waals surface area contributed by atoms with Crippen LogP contribution in [0.5, 0.6) is 0 Å². The number of fused-ring (bicyclic) bond motifs is 1. The molecule has 4 nitrogen and oxygen atoms in total. The first-order valence-corrected chi connectivity index (χ1v) is 6.61. The quantitative estimate of drug-likeness (QED) is 0.811. The van der Waals surface area contributed by atoms with Gasteiger partial charge in [0.25, 0.3) is 0 Å². The normalized spacial score (nSPS) is 11.3. The number of imidazole rings is 1. The minimum atomic E-state index is -0.174. The van der Waals surface area contributed by atoms with E-state index in [-0.39, 0.29) is 5.69 Å². The standard InChI is InChI=1S/C12H16BrN3O/c1-3-7(4-2)14-9-6-11-10(5-8(9)13)15-12(17)16-11/h5-7,14H,3-4H2,1-2H3,(H2,15,16,17). The summed E-state index contributed by atoms with van der Waals surface area (Å²) in [5, 5.41) is 3.47. The molecule has 0 saturated heterocycles. The summed E-state index contributed by atoms with van der Waals surface area (Å²) in [5.41, 5.74) is 2.48. The van der Waals surface area contributed by atoms with Crippen LogP contribution < -0.4 is 11.0 Å². The van der Waals surface area contributed by atoms with Crippen LogP contribution in [-0.2, 0) is 0 Å². The first-order chi connectivity index (χ1) is 8.13. The van der Waals surface area contributed by atoms with Gasteiger partial charge in [0.2, 0.25) is 0 Å². The summed E-state index contributed by atoms with van der Waals surface area (Å²) in [4.78, 5) is 16.7. The van der Waals surface area contributed by atoms with Crippen LogP contribution in [0.15, 0.2) is 21.4 Å². The van der Waals surface area contributed by atoms with E-state index in [0.29, 0.717) is 6.04 Å². The number of rotatable bonds is 4. The van der Waals surface area contributed by atoms with Gasteiger partial charge in [-0.1, -0.05) is 13.8 Å². The summed E-state index contributed by atoms with van der Waals surface area (Å²) < 4.78 is 0.965. The molecular formula is C12H16BrN3O. The molecule has 0 saturated carbocycles. The lowest BCUT2D eigenvalue weighted by Crippen LogP contribution is -2.17. The molecule has 3 N–H and O–H groups in total. The van der Waals surface area contributed by atoms with Gasteiger partial charge < -0.3 is 15.3 Å². The molecule has 0 fully saturated rings. The van der Waals surface area contributed by atoms with Crippen molar-refractivity contribution in [1.82, 2.24) is 9.97 Å². The minimum Gasteiger partial charge on any atom is -0.381 e. The van der Waals surface area contributed by atoms with E-state index in [0.717, 1.165) is 34.0 Å². The first-order valence-electron chi connectivity index (χ1n) is 5.82. The first kappa shape index (κ1) is 12.2. The van der Waals surface area contributed by atoms with Crippen molar-refractivity contribution in [3.8, 4) is 0 Å². The smallest absolute Gasteiger partial charge is 0.323 e. The molecule has 2 rings (SSSR count). The molecule has 0 aliphatic heterocycles. The zero-order valence-electron chi connectivity index (χ0n) is 9.93. The molecule has 17 heavy (non-hydrogen) atoms. The van der Waals surface area contributed by atoms with E-state index in [9.17, 15) is 4.79 Å². The molecule has 0 radical (unpaired) electrons. The predicted octanol–water partition coefficient (Wildman–Crippen LogP) is 3.22. The molecule has 0 aliphatic rings. The molecule has 92 valence electrons. The molecular weight excluding hydrogens is 282 g/mol. The van der Waals surface area contributed by atoms with Gasteiger partial charge in [0.05, 0.1) is 16.7 Å². The highest BCUT2D eigenvalue weighted by Crippen LogP contribution is 2.27. The van der Waals surface area contributed by atoms with Crippen LogP contribution in [0.25, 0.3) is 11.0 Å². The predicted molar refractivity (Wildman–Crippen MR) is 74.6 cm³/mol. The number of nitrogens with one attached hydrogen (secondary N) is 3. The van der Waals surface area contributed by atoms with Gasteiger partial charge in [0.15, 0.2) is 0 Å². The Morgan fingerprint density at radius 2 is 1.82 bits per heavy atom. The van der Waals surface area contributed by atoms with Gasteiger partial charge in [0.1, 0.15) is 0 Å². The van der Waals surface area contributed by atoms with E-state index in [1.165, 1.54) is 0 Å². The fourth-order valence-electron chi connectivity index (χ4n) is 1.88. The molecule has 5 heteroatoms. The molecule has 0 unspecified atom stereocenters. The summed E-state index contributed by atoms with van der Waals surface area (Å²) in [6.07, 6.45) is 2.15. The lowest BCUT2D eigenvalue weighted by molar-refractivity contribution is 0.671. The zero-order valence-corrected chi connectivity index (χ0v) is 11.5. The van der Waals surface area contributed by atoms with Gasteiger partial charge in [0, 0.05) is 10.5 Å². The highest BCUT2D eigenvalue weighted by atomic mass is 79.9. The van der Waals surface area contributed by atoms with Gasteiger partial charge in [-0.3, -0.25) is 0 Å². The highest BCUT2D eigenvalue weighted by Gasteiger charge is 2.08. The van der Waals surface area contributed by atoms with Crippen molar-refractivity contribution >= 4 is 32.7 Å². The Hall–Kier alpha value is -1.23. The van der Waals surface area contributed by atoms with Gasteiger partial charge in [-0.15, -0.1) is 0 Å². The van der Waals surface area contributed by atoms with Crippen LogP contribution in [0, 0.1) is 0 Å². The molecule has 0 bridgehead atoms. The largest absolute Gasteiger partial charge is 0.381 e. The number of hydrogen-bond acceptors (Lipinski definition) is 2. The Labute approximate surface area is 108 Å².